The summed E-state index contributed by atoms with van der Waals surface area (Å²) in [6.07, 6.45) is 45.1. The second-order valence-corrected chi connectivity index (χ2v) is 17.6. The van der Waals surface area contributed by atoms with Crippen molar-refractivity contribution in [1.29, 1.82) is 0 Å². The molecule has 0 fully saturated rings. The first kappa shape index (κ1) is 54.4. The Morgan fingerprint density at radius 3 is 0.875 bits per heavy atom. The number of carbonyl (C=O) groups is 3. The smallest absolute Gasteiger partial charge is 0.306 e. The van der Waals surface area contributed by atoms with E-state index in [2.05, 4.69) is 27.7 Å². The number of unbranched alkanes of at least 4 members (excludes halogenated alkanes) is 32. The van der Waals surface area contributed by atoms with E-state index in [1.54, 1.807) is 0 Å². The second kappa shape index (κ2) is 44.5. The van der Waals surface area contributed by atoms with E-state index >= 15 is 0 Å². The number of rotatable bonds is 45. The maximum Gasteiger partial charge on any atom is 0.306 e. The first-order chi connectivity index (χ1) is 27.4. The Morgan fingerprint density at radius 2 is 0.589 bits per heavy atom. The van der Waals surface area contributed by atoms with Crippen molar-refractivity contribution in [2.75, 3.05) is 13.2 Å². The minimum Gasteiger partial charge on any atom is -0.462 e. The van der Waals surface area contributed by atoms with E-state index in [1.807, 2.05) is 0 Å². The zero-order valence-corrected chi connectivity index (χ0v) is 38.1. The molecule has 6 heteroatoms. The average molecular weight is 793 g/mol. The molecule has 0 aliphatic carbocycles. The van der Waals surface area contributed by atoms with Crippen molar-refractivity contribution in [2.45, 2.75) is 284 Å². The summed E-state index contributed by atoms with van der Waals surface area (Å²) < 4.78 is 16.8. The number of ether oxygens (including phenoxy) is 3. The fourth-order valence-corrected chi connectivity index (χ4v) is 7.51. The van der Waals surface area contributed by atoms with Crippen LogP contribution in [0.15, 0.2) is 0 Å². The lowest BCUT2D eigenvalue weighted by Crippen LogP contribution is -2.30. The lowest BCUT2D eigenvalue weighted by Gasteiger charge is -2.18. The lowest BCUT2D eigenvalue weighted by atomic mass is 10.0. The molecule has 0 saturated heterocycles. The van der Waals surface area contributed by atoms with E-state index in [0.717, 1.165) is 63.7 Å². The van der Waals surface area contributed by atoms with Gasteiger partial charge in [-0.05, 0) is 25.2 Å². The van der Waals surface area contributed by atoms with Gasteiger partial charge < -0.3 is 14.2 Å². The number of esters is 3. The van der Waals surface area contributed by atoms with Gasteiger partial charge in [-0.1, -0.05) is 240 Å². The van der Waals surface area contributed by atoms with Crippen LogP contribution in [0.4, 0.5) is 0 Å². The summed E-state index contributed by atoms with van der Waals surface area (Å²) in [4.78, 5) is 37.8. The van der Waals surface area contributed by atoms with Gasteiger partial charge >= 0.3 is 17.9 Å². The molecule has 0 aliphatic heterocycles. The molecule has 0 rings (SSSR count). The van der Waals surface area contributed by atoms with Gasteiger partial charge in [0.15, 0.2) is 6.10 Å². The van der Waals surface area contributed by atoms with Crippen molar-refractivity contribution >= 4 is 17.9 Å². The number of hydrogen-bond donors (Lipinski definition) is 0. The molecule has 0 aliphatic rings. The number of hydrogen-bond acceptors (Lipinski definition) is 6. The van der Waals surface area contributed by atoms with Gasteiger partial charge in [0.25, 0.3) is 0 Å². The molecule has 0 aromatic heterocycles. The van der Waals surface area contributed by atoms with E-state index in [-0.39, 0.29) is 31.1 Å². The van der Waals surface area contributed by atoms with Crippen LogP contribution in [0, 0.1) is 5.92 Å². The van der Waals surface area contributed by atoms with Crippen LogP contribution in [0.3, 0.4) is 0 Å². The van der Waals surface area contributed by atoms with Crippen LogP contribution in [0.2, 0.25) is 0 Å². The molecular weight excluding hydrogens is 697 g/mol. The highest BCUT2D eigenvalue weighted by Crippen LogP contribution is 2.17. The fourth-order valence-electron chi connectivity index (χ4n) is 7.51. The van der Waals surface area contributed by atoms with E-state index in [4.69, 9.17) is 14.2 Å². The minimum absolute atomic E-state index is 0.0630. The van der Waals surface area contributed by atoms with Crippen LogP contribution in [-0.2, 0) is 28.6 Å². The van der Waals surface area contributed by atoms with Gasteiger partial charge in [-0.15, -0.1) is 0 Å². The molecule has 0 spiro atoms. The van der Waals surface area contributed by atoms with Crippen LogP contribution in [-0.4, -0.2) is 37.2 Å². The lowest BCUT2D eigenvalue weighted by molar-refractivity contribution is -0.167. The van der Waals surface area contributed by atoms with Crippen molar-refractivity contribution in [3.05, 3.63) is 0 Å². The summed E-state index contributed by atoms with van der Waals surface area (Å²) in [6.45, 7) is 9.01. The summed E-state index contributed by atoms with van der Waals surface area (Å²) in [5, 5.41) is 0. The summed E-state index contributed by atoms with van der Waals surface area (Å²) in [5.41, 5.74) is 0. The molecule has 56 heavy (non-hydrogen) atoms. The Labute approximate surface area is 348 Å². The molecule has 6 nitrogen and oxygen atoms in total. The zero-order valence-electron chi connectivity index (χ0n) is 38.1. The monoisotopic (exact) mass is 793 g/mol. The molecule has 0 radical (unpaired) electrons. The van der Waals surface area contributed by atoms with Gasteiger partial charge in [0.05, 0.1) is 0 Å². The van der Waals surface area contributed by atoms with E-state index in [0.29, 0.717) is 19.3 Å². The van der Waals surface area contributed by atoms with Gasteiger partial charge in [0.2, 0.25) is 0 Å². The van der Waals surface area contributed by atoms with Gasteiger partial charge in [-0.2, -0.15) is 0 Å². The third kappa shape index (κ3) is 43.5. The first-order valence-electron chi connectivity index (χ1n) is 24.9. The highest BCUT2D eigenvalue weighted by molar-refractivity contribution is 5.71. The summed E-state index contributed by atoms with van der Waals surface area (Å²) in [5.74, 6) is -0.0228. The summed E-state index contributed by atoms with van der Waals surface area (Å²) in [7, 11) is 0. The third-order valence-electron chi connectivity index (χ3n) is 11.3. The normalized spacial score (nSPS) is 11.9. The van der Waals surface area contributed by atoms with Crippen molar-refractivity contribution in [1.82, 2.24) is 0 Å². The van der Waals surface area contributed by atoms with Crippen LogP contribution < -0.4 is 0 Å². The standard InChI is InChI=1S/C50H96O6/c1-5-7-9-11-13-15-17-18-22-26-30-34-38-42-49(52)55-45-47(44-54-48(51)41-37-33-29-25-20-16-14-12-10-8-6-2)56-50(53)43-39-35-31-27-23-19-21-24-28-32-36-40-46(3)4/h46-47H,5-45H2,1-4H3/t47-/m1/s1. The highest BCUT2D eigenvalue weighted by Gasteiger charge is 2.19. The predicted molar refractivity (Wildman–Crippen MR) is 238 cm³/mol. The topological polar surface area (TPSA) is 78.9 Å². The maximum atomic E-state index is 12.8. The molecule has 0 heterocycles. The molecule has 332 valence electrons. The van der Waals surface area contributed by atoms with Crippen molar-refractivity contribution < 1.29 is 28.6 Å². The van der Waals surface area contributed by atoms with Gasteiger partial charge in [0, 0.05) is 19.3 Å². The van der Waals surface area contributed by atoms with E-state index < -0.39 is 6.10 Å². The van der Waals surface area contributed by atoms with Gasteiger partial charge in [-0.3, -0.25) is 14.4 Å². The Morgan fingerprint density at radius 1 is 0.339 bits per heavy atom. The Kier molecular flexibility index (Phi) is 43.2. The second-order valence-electron chi connectivity index (χ2n) is 17.6. The summed E-state index contributed by atoms with van der Waals surface area (Å²) in [6, 6.07) is 0. The molecule has 0 unspecified atom stereocenters. The van der Waals surface area contributed by atoms with Crippen LogP contribution in [0.25, 0.3) is 0 Å². The predicted octanol–water partition coefficient (Wildman–Crippen LogP) is 15.9. The molecule has 0 amide bonds. The van der Waals surface area contributed by atoms with E-state index in [9.17, 15) is 14.4 Å². The molecule has 0 aromatic carbocycles. The van der Waals surface area contributed by atoms with Crippen LogP contribution in [0.1, 0.15) is 278 Å². The Balaban J connectivity index is 4.32. The Bertz CT molecular complexity index is 841. The molecule has 0 bridgehead atoms. The fraction of sp³-hybridized carbons (Fsp3) is 0.940. The van der Waals surface area contributed by atoms with Crippen molar-refractivity contribution in [2.24, 2.45) is 5.92 Å². The SMILES string of the molecule is CCCCCCCCCCCCCCCC(=O)OC[C@@H](COC(=O)CCCCCCCCCCCCC)OC(=O)CCCCCCCCCCCCCC(C)C. The molecule has 0 aromatic rings. The molecular formula is C50H96O6. The van der Waals surface area contributed by atoms with Crippen LogP contribution >= 0.6 is 0 Å². The van der Waals surface area contributed by atoms with Crippen molar-refractivity contribution in [3.63, 3.8) is 0 Å². The van der Waals surface area contributed by atoms with Gasteiger partial charge in [0.1, 0.15) is 13.2 Å². The molecule has 0 N–H and O–H groups in total. The van der Waals surface area contributed by atoms with Gasteiger partial charge in [-0.25, -0.2) is 0 Å². The van der Waals surface area contributed by atoms with Crippen molar-refractivity contribution in [3.8, 4) is 0 Å². The molecule has 0 saturated carbocycles. The van der Waals surface area contributed by atoms with E-state index in [1.165, 1.54) is 173 Å². The molecule has 1 atom stereocenters. The third-order valence-corrected chi connectivity index (χ3v) is 11.3. The summed E-state index contributed by atoms with van der Waals surface area (Å²) >= 11 is 0. The Hall–Kier alpha value is -1.59. The highest BCUT2D eigenvalue weighted by atomic mass is 16.6. The van der Waals surface area contributed by atoms with Crippen LogP contribution in [0.5, 0.6) is 0 Å². The average Bonchev–Trinajstić information content (AvgIpc) is 3.18. The quantitative estimate of drug-likeness (QED) is 0.0347. The maximum absolute atomic E-state index is 12.8. The first-order valence-corrected chi connectivity index (χ1v) is 24.9. The zero-order chi connectivity index (χ0) is 41.0. The minimum atomic E-state index is -0.759. The number of carbonyl (C=O) groups excluding carboxylic acids is 3. The largest absolute Gasteiger partial charge is 0.462 e.